The van der Waals surface area contributed by atoms with Crippen LogP contribution >= 0.6 is 11.6 Å². The zero-order valence-corrected chi connectivity index (χ0v) is 20.2. The number of carbonyl (C=O) groups is 1. The van der Waals surface area contributed by atoms with Crippen LogP contribution in [-0.2, 0) is 17.8 Å². The van der Waals surface area contributed by atoms with Crippen molar-refractivity contribution in [2.75, 3.05) is 20.2 Å². The number of ether oxygens (including phenoxy) is 1. The first-order valence-electron chi connectivity index (χ1n) is 11.7. The van der Waals surface area contributed by atoms with Crippen LogP contribution < -0.4 is 10.1 Å². The van der Waals surface area contributed by atoms with Crippen LogP contribution in [0.15, 0.2) is 66.7 Å². The van der Waals surface area contributed by atoms with Gasteiger partial charge in [-0.3, -0.25) is 9.69 Å². The number of amides is 1. The van der Waals surface area contributed by atoms with Crippen LogP contribution in [-0.4, -0.2) is 37.0 Å². The van der Waals surface area contributed by atoms with Crippen molar-refractivity contribution < 1.29 is 13.9 Å². The smallest absolute Gasteiger partial charge is 0.237 e. The highest BCUT2D eigenvalue weighted by atomic mass is 35.5. The SMILES string of the molecule is COc1ccc(F)cc1-c1ccc(CN2CCCCC2C(=O)NCCc2ccc(Cl)cc2)cc1. The number of nitrogens with zero attached hydrogens (tertiary/aromatic N) is 1. The highest BCUT2D eigenvalue weighted by Crippen LogP contribution is 2.31. The molecule has 178 valence electrons. The van der Waals surface area contributed by atoms with Crippen molar-refractivity contribution in [3.63, 3.8) is 0 Å². The fourth-order valence-corrected chi connectivity index (χ4v) is 4.63. The number of methoxy groups -OCH3 is 1. The quantitative estimate of drug-likeness (QED) is 0.438. The van der Waals surface area contributed by atoms with Crippen molar-refractivity contribution in [2.45, 2.75) is 38.3 Å². The summed E-state index contributed by atoms with van der Waals surface area (Å²) in [4.78, 5) is 15.2. The van der Waals surface area contributed by atoms with Gasteiger partial charge in [0.1, 0.15) is 11.6 Å². The molecule has 1 fully saturated rings. The van der Waals surface area contributed by atoms with E-state index in [0.29, 0.717) is 23.9 Å². The van der Waals surface area contributed by atoms with Gasteiger partial charge in [0.05, 0.1) is 13.2 Å². The number of rotatable bonds is 8. The molecule has 0 aromatic heterocycles. The molecule has 6 heteroatoms. The minimum absolute atomic E-state index is 0.0924. The number of carbonyl (C=O) groups excluding carboxylic acids is 1. The Morgan fingerprint density at radius 3 is 2.53 bits per heavy atom. The van der Waals surface area contributed by atoms with Crippen LogP contribution in [0.5, 0.6) is 5.75 Å². The Balaban J connectivity index is 1.37. The van der Waals surface area contributed by atoms with E-state index < -0.39 is 0 Å². The highest BCUT2D eigenvalue weighted by Gasteiger charge is 2.28. The molecule has 3 aromatic rings. The Kier molecular flexibility index (Phi) is 8.20. The molecule has 3 aromatic carbocycles. The molecule has 34 heavy (non-hydrogen) atoms. The standard InChI is InChI=1S/C28H30ClFN2O2/c1-34-27-14-13-24(30)18-25(27)22-9-5-21(6-10-22)19-32-17-3-2-4-26(32)28(33)31-16-15-20-7-11-23(29)12-8-20/h5-14,18,26H,2-4,15-17,19H2,1H3,(H,31,33). The lowest BCUT2D eigenvalue weighted by molar-refractivity contribution is -0.127. The number of halogens is 2. The number of benzene rings is 3. The molecule has 0 aliphatic carbocycles. The Hall–Kier alpha value is -2.89. The maximum absolute atomic E-state index is 13.8. The van der Waals surface area contributed by atoms with Crippen LogP contribution in [0.4, 0.5) is 4.39 Å². The Morgan fingerprint density at radius 1 is 1.06 bits per heavy atom. The van der Waals surface area contributed by atoms with Crippen LogP contribution in [0, 0.1) is 5.82 Å². The van der Waals surface area contributed by atoms with Crippen LogP contribution in [0.25, 0.3) is 11.1 Å². The Bertz CT molecular complexity index is 1100. The van der Waals surface area contributed by atoms with E-state index in [0.717, 1.165) is 54.5 Å². The molecule has 1 unspecified atom stereocenters. The Morgan fingerprint density at radius 2 is 1.79 bits per heavy atom. The van der Waals surface area contributed by atoms with Crippen LogP contribution in [0.2, 0.25) is 5.02 Å². The fourth-order valence-electron chi connectivity index (χ4n) is 4.51. The van der Waals surface area contributed by atoms with Gasteiger partial charge < -0.3 is 10.1 Å². The number of likely N-dealkylation sites (tertiary alicyclic amines) is 1. The van der Waals surface area contributed by atoms with E-state index in [9.17, 15) is 9.18 Å². The summed E-state index contributed by atoms with van der Waals surface area (Å²) in [6.45, 7) is 2.21. The lowest BCUT2D eigenvalue weighted by Crippen LogP contribution is -2.49. The van der Waals surface area contributed by atoms with E-state index in [1.807, 2.05) is 48.5 Å². The largest absolute Gasteiger partial charge is 0.496 e. The van der Waals surface area contributed by atoms with Crippen molar-refractivity contribution >= 4 is 17.5 Å². The zero-order valence-electron chi connectivity index (χ0n) is 19.4. The average molecular weight is 481 g/mol. The van der Waals surface area contributed by atoms with E-state index >= 15 is 0 Å². The first-order chi connectivity index (χ1) is 16.5. The van der Waals surface area contributed by atoms with Gasteiger partial charge in [0.15, 0.2) is 0 Å². The summed E-state index contributed by atoms with van der Waals surface area (Å²) in [5.41, 5.74) is 3.90. The molecule has 1 aliphatic rings. The molecular weight excluding hydrogens is 451 g/mol. The first kappa shape index (κ1) is 24.2. The van der Waals surface area contributed by atoms with Gasteiger partial charge in [-0.25, -0.2) is 4.39 Å². The summed E-state index contributed by atoms with van der Waals surface area (Å²) >= 11 is 5.94. The highest BCUT2D eigenvalue weighted by molar-refractivity contribution is 6.30. The van der Waals surface area contributed by atoms with Gasteiger partial charge in [-0.2, -0.15) is 0 Å². The van der Waals surface area contributed by atoms with Crippen molar-refractivity contribution in [1.82, 2.24) is 10.2 Å². The lowest BCUT2D eigenvalue weighted by atomic mass is 9.99. The molecule has 4 rings (SSSR count). The molecule has 0 bridgehead atoms. The maximum Gasteiger partial charge on any atom is 0.237 e. The molecule has 1 heterocycles. The summed E-state index contributed by atoms with van der Waals surface area (Å²) in [7, 11) is 1.59. The lowest BCUT2D eigenvalue weighted by Gasteiger charge is -2.34. The molecule has 1 aliphatic heterocycles. The van der Waals surface area contributed by atoms with Gasteiger partial charge in [-0.15, -0.1) is 0 Å². The van der Waals surface area contributed by atoms with Crippen molar-refractivity contribution in [1.29, 1.82) is 0 Å². The second-order valence-electron chi connectivity index (χ2n) is 8.69. The van der Waals surface area contributed by atoms with Gasteiger partial charge in [0.2, 0.25) is 5.91 Å². The molecule has 1 amide bonds. The molecule has 0 radical (unpaired) electrons. The number of hydrogen-bond donors (Lipinski definition) is 1. The first-order valence-corrected chi connectivity index (χ1v) is 12.1. The van der Waals surface area contributed by atoms with Gasteiger partial charge >= 0.3 is 0 Å². The monoisotopic (exact) mass is 480 g/mol. The third-order valence-corrected chi connectivity index (χ3v) is 6.61. The summed E-state index contributed by atoms with van der Waals surface area (Å²) in [5.74, 6) is 0.438. The molecule has 0 saturated carbocycles. The average Bonchev–Trinajstić information content (AvgIpc) is 2.86. The minimum atomic E-state index is -0.293. The molecule has 4 nitrogen and oxygen atoms in total. The number of piperidine rings is 1. The van der Waals surface area contributed by atoms with Gasteiger partial charge in [0.25, 0.3) is 0 Å². The minimum Gasteiger partial charge on any atom is -0.496 e. The molecule has 0 spiro atoms. The molecule has 1 N–H and O–H groups in total. The van der Waals surface area contributed by atoms with E-state index in [2.05, 4.69) is 10.2 Å². The predicted octanol–water partition coefficient (Wildman–Crippen LogP) is 5.87. The summed E-state index contributed by atoms with van der Waals surface area (Å²) in [6, 6.07) is 20.2. The molecule has 1 saturated heterocycles. The molecular formula is C28H30ClFN2O2. The van der Waals surface area contributed by atoms with Gasteiger partial charge in [-0.05, 0) is 72.8 Å². The summed E-state index contributed by atoms with van der Waals surface area (Å²) in [5, 5.41) is 3.83. The van der Waals surface area contributed by atoms with E-state index in [1.54, 1.807) is 13.2 Å². The zero-order chi connectivity index (χ0) is 23.9. The van der Waals surface area contributed by atoms with Gasteiger partial charge in [-0.1, -0.05) is 54.4 Å². The third kappa shape index (κ3) is 6.16. The predicted molar refractivity (Wildman–Crippen MR) is 135 cm³/mol. The fraction of sp³-hybridized carbons (Fsp3) is 0.321. The Labute approximate surface area is 205 Å². The van der Waals surface area contributed by atoms with E-state index in [-0.39, 0.29) is 17.8 Å². The maximum atomic E-state index is 13.8. The summed E-state index contributed by atoms with van der Waals surface area (Å²) in [6.07, 6.45) is 3.79. The van der Waals surface area contributed by atoms with Crippen LogP contribution in [0.1, 0.15) is 30.4 Å². The normalized spacial score (nSPS) is 16.3. The molecule has 1 atom stereocenters. The van der Waals surface area contributed by atoms with Crippen molar-refractivity contribution in [3.05, 3.63) is 88.7 Å². The van der Waals surface area contributed by atoms with E-state index in [1.165, 1.54) is 12.1 Å². The second-order valence-corrected chi connectivity index (χ2v) is 9.13. The third-order valence-electron chi connectivity index (χ3n) is 6.35. The van der Waals surface area contributed by atoms with Gasteiger partial charge in [0, 0.05) is 23.7 Å². The van der Waals surface area contributed by atoms with Crippen molar-refractivity contribution in [3.8, 4) is 16.9 Å². The topological polar surface area (TPSA) is 41.6 Å². The second kappa shape index (κ2) is 11.5. The summed E-state index contributed by atoms with van der Waals surface area (Å²) < 4.78 is 19.2. The van der Waals surface area contributed by atoms with Crippen LogP contribution in [0.3, 0.4) is 0 Å². The number of hydrogen-bond acceptors (Lipinski definition) is 3. The van der Waals surface area contributed by atoms with E-state index in [4.69, 9.17) is 16.3 Å². The number of nitrogens with one attached hydrogen (secondary N) is 1. The van der Waals surface area contributed by atoms with Crippen molar-refractivity contribution in [2.24, 2.45) is 0 Å².